The quantitative estimate of drug-likeness (QED) is 0.573. The summed E-state index contributed by atoms with van der Waals surface area (Å²) in [5.41, 5.74) is -0.612. The summed E-state index contributed by atoms with van der Waals surface area (Å²) in [6.45, 7) is 0. The van der Waals surface area contributed by atoms with Crippen LogP contribution >= 0.6 is 0 Å². The lowest BCUT2D eigenvalue weighted by Crippen LogP contribution is -2.19. The van der Waals surface area contributed by atoms with Gasteiger partial charge < -0.3 is 14.9 Å². The Labute approximate surface area is 86.0 Å². The third-order valence-corrected chi connectivity index (χ3v) is 1.40. The first-order chi connectivity index (χ1) is 7.35. The van der Waals surface area contributed by atoms with E-state index in [9.17, 15) is 23.3 Å². The molecule has 0 fully saturated rings. The van der Waals surface area contributed by atoms with Crippen molar-refractivity contribution in [2.75, 3.05) is 0 Å². The van der Waals surface area contributed by atoms with E-state index < -0.39 is 28.4 Å². The highest BCUT2D eigenvalue weighted by atomic mass is 19.4. The number of hydrogen-bond acceptors (Lipinski definition) is 5. The highest BCUT2D eigenvalue weighted by molar-refractivity contribution is 5.52. The highest BCUT2D eigenvalue weighted by Crippen LogP contribution is 2.32. The summed E-state index contributed by atoms with van der Waals surface area (Å²) in [5, 5.41) is 18.8. The Morgan fingerprint density at radius 1 is 1.56 bits per heavy atom. The van der Waals surface area contributed by atoms with Crippen LogP contribution in [0.25, 0.3) is 0 Å². The monoisotopic (exact) mass is 233 g/mol. The van der Waals surface area contributed by atoms with Crippen LogP contribution < -0.4 is 4.74 Å². The van der Waals surface area contributed by atoms with Gasteiger partial charge >= 0.3 is 12.2 Å². The molecule has 0 amide bonds. The number of nitrogens with zero attached hydrogens (tertiary/aromatic N) is 3. The molecule has 0 bridgehead atoms. The van der Waals surface area contributed by atoms with Gasteiger partial charge in [0.25, 0.3) is 0 Å². The number of halogens is 3. The molecular formula is C7H2F3N3O3. The summed E-state index contributed by atoms with van der Waals surface area (Å²) in [6, 6.07) is 2.23. The van der Waals surface area contributed by atoms with Gasteiger partial charge in [-0.25, -0.2) is 0 Å². The van der Waals surface area contributed by atoms with Crippen LogP contribution in [-0.4, -0.2) is 16.3 Å². The zero-order chi connectivity index (χ0) is 12.3. The standard InChI is InChI=1S/C7H2F3N3O3/c8-7(9,10)16-5-4(3-11)1-2-12-6(5)13(14)15/h1-2H. The van der Waals surface area contributed by atoms with Crippen LogP contribution in [0.15, 0.2) is 12.3 Å². The predicted octanol–water partition coefficient (Wildman–Crippen LogP) is 1.76. The Morgan fingerprint density at radius 3 is 2.62 bits per heavy atom. The lowest BCUT2D eigenvalue weighted by atomic mass is 10.2. The van der Waals surface area contributed by atoms with Crippen molar-refractivity contribution < 1.29 is 22.8 Å². The van der Waals surface area contributed by atoms with Gasteiger partial charge in [0.1, 0.15) is 17.8 Å². The molecule has 0 saturated heterocycles. The number of aromatic nitrogens is 1. The molecule has 1 heterocycles. The molecular weight excluding hydrogens is 231 g/mol. The van der Waals surface area contributed by atoms with Crippen LogP contribution in [0.5, 0.6) is 5.75 Å². The van der Waals surface area contributed by atoms with Crippen molar-refractivity contribution in [2.45, 2.75) is 6.36 Å². The molecule has 0 radical (unpaired) electrons. The Bertz CT molecular complexity index is 466. The van der Waals surface area contributed by atoms with Gasteiger partial charge in [-0.05, 0) is 9.91 Å². The number of hydrogen-bond donors (Lipinski definition) is 0. The van der Waals surface area contributed by atoms with Gasteiger partial charge in [0, 0.05) is 6.07 Å². The summed E-state index contributed by atoms with van der Waals surface area (Å²) in [6.07, 6.45) is -4.28. The molecule has 0 N–H and O–H groups in total. The topological polar surface area (TPSA) is 89.0 Å². The fourth-order valence-corrected chi connectivity index (χ4v) is 0.872. The summed E-state index contributed by atoms with van der Waals surface area (Å²) in [7, 11) is 0. The number of rotatable bonds is 2. The second-order valence-corrected chi connectivity index (χ2v) is 2.43. The molecule has 0 aliphatic rings. The predicted molar refractivity (Wildman–Crippen MR) is 42.3 cm³/mol. The Morgan fingerprint density at radius 2 is 2.19 bits per heavy atom. The Kier molecular flexibility index (Phi) is 2.94. The molecule has 0 unspecified atom stereocenters. The van der Waals surface area contributed by atoms with E-state index in [0.29, 0.717) is 0 Å². The summed E-state index contributed by atoms with van der Waals surface area (Å²) in [5.74, 6) is -2.36. The lowest BCUT2D eigenvalue weighted by molar-refractivity contribution is -0.393. The number of nitro groups is 1. The third-order valence-electron chi connectivity index (χ3n) is 1.40. The number of ether oxygens (including phenoxy) is 1. The zero-order valence-electron chi connectivity index (χ0n) is 7.35. The first-order valence-electron chi connectivity index (χ1n) is 3.64. The number of nitriles is 1. The van der Waals surface area contributed by atoms with Crippen LogP contribution in [-0.2, 0) is 0 Å². The van der Waals surface area contributed by atoms with E-state index in [1.54, 1.807) is 0 Å². The van der Waals surface area contributed by atoms with E-state index in [0.717, 1.165) is 12.3 Å². The Hall–Kier alpha value is -2.37. The van der Waals surface area contributed by atoms with Crippen molar-refractivity contribution in [3.8, 4) is 11.8 Å². The molecule has 0 atom stereocenters. The van der Waals surface area contributed by atoms with Crippen LogP contribution in [0.4, 0.5) is 19.0 Å². The SMILES string of the molecule is N#Cc1ccnc([N+](=O)[O-])c1OC(F)(F)F. The van der Waals surface area contributed by atoms with E-state index in [-0.39, 0.29) is 0 Å². The maximum atomic E-state index is 11.9. The van der Waals surface area contributed by atoms with E-state index in [4.69, 9.17) is 5.26 Å². The minimum absolute atomic E-state index is 0.612. The molecule has 6 nitrogen and oxygen atoms in total. The second-order valence-electron chi connectivity index (χ2n) is 2.43. The third kappa shape index (κ3) is 2.57. The van der Waals surface area contributed by atoms with Gasteiger partial charge in [-0.1, -0.05) is 0 Å². The van der Waals surface area contributed by atoms with Gasteiger partial charge in [-0.15, -0.1) is 13.2 Å². The van der Waals surface area contributed by atoms with Crippen molar-refractivity contribution in [3.05, 3.63) is 27.9 Å². The molecule has 9 heteroatoms. The van der Waals surface area contributed by atoms with Crippen LogP contribution in [0.3, 0.4) is 0 Å². The highest BCUT2D eigenvalue weighted by Gasteiger charge is 2.36. The van der Waals surface area contributed by atoms with E-state index in [2.05, 4.69) is 9.72 Å². The average molecular weight is 233 g/mol. The van der Waals surface area contributed by atoms with Gasteiger partial charge in [0.15, 0.2) is 0 Å². The first kappa shape index (κ1) is 11.7. The first-order valence-corrected chi connectivity index (χ1v) is 3.64. The van der Waals surface area contributed by atoms with Crippen molar-refractivity contribution in [2.24, 2.45) is 0 Å². The Balaban J connectivity index is 3.32. The van der Waals surface area contributed by atoms with Gasteiger partial charge in [0.05, 0.1) is 0 Å². The molecule has 1 aromatic heterocycles. The van der Waals surface area contributed by atoms with Gasteiger partial charge in [-0.3, -0.25) is 0 Å². The van der Waals surface area contributed by atoms with Gasteiger partial charge in [-0.2, -0.15) is 5.26 Å². The molecule has 0 aromatic carbocycles. The van der Waals surface area contributed by atoms with Crippen LogP contribution in [0, 0.1) is 21.4 Å². The molecule has 84 valence electrons. The van der Waals surface area contributed by atoms with Crippen molar-refractivity contribution in [3.63, 3.8) is 0 Å². The van der Waals surface area contributed by atoms with E-state index in [1.807, 2.05) is 0 Å². The molecule has 0 aliphatic heterocycles. The number of alkyl halides is 3. The maximum absolute atomic E-state index is 11.9. The molecule has 1 rings (SSSR count). The zero-order valence-corrected chi connectivity index (χ0v) is 7.35. The van der Waals surface area contributed by atoms with Crippen molar-refractivity contribution >= 4 is 5.82 Å². The second kappa shape index (κ2) is 4.01. The summed E-state index contributed by atoms with van der Waals surface area (Å²) >= 11 is 0. The molecule has 16 heavy (non-hydrogen) atoms. The minimum atomic E-state index is -5.13. The van der Waals surface area contributed by atoms with E-state index >= 15 is 0 Å². The molecule has 0 spiro atoms. The largest absolute Gasteiger partial charge is 0.573 e. The molecule has 0 saturated carbocycles. The van der Waals surface area contributed by atoms with Crippen LogP contribution in [0.1, 0.15) is 5.56 Å². The fraction of sp³-hybridized carbons (Fsp3) is 0.143. The molecule has 1 aromatic rings. The number of pyridine rings is 1. The molecule has 0 aliphatic carbocycles. The maximum Gasteiger partial charge on any atom is 0.573 e. The minimum Gasteiger partial charge on any atom is -0.395 e. The van der Waals surface area contributed by atoms with Crippen LogP contribution in [0.2, 0.25) is 0 Å². The fourth-order valence-electron chi connectivity index (χ4n) is 0.872. The average Bonchev–Trinajstić information content (AvgIpc) is 2.15. The smallest absolute Gasteiger partial charge is 0.395 e. The summed E-state index contributed by atoms with van der Waals surface area (Å²) in [4.78, 5) is 12.3. The lowest BCUT2D eigenvalue weighted by Gasteiger charge is -2.09. The summed E-state index contributed by atoms with van der Waals surface area (Å²) < 4.78 is 39.1. The van der Waals surface area contributed by atoms with E-state index in [1.165, 1.54) is 6.07 Å². The normalized spacial score (nSPS) is 10.6. The van der Waals surface area contributed by atoms with Crippen molar-refractivity contribution in [1.29, 1.82) is 5.26 Å². The van der Waals surface area contributed by atoms with Gasteiger partial charge in [0.2, 0.25) is 5.75 Å². The van der Waals surface area contributed by atoms with Crippen molar-refractivity contribution in [1.82, 2.24) is 4.98 Å².